The lowest BCUT2D eigenvalue weighted by molar-refractivity contribution is 0.102. The summed E-state index contributed by atoms with van der Waals surface area (Å²) < 4.78 is 5.80. The van der Waals surface area contributed by atoms with Crippen molar-refractivity contribution in [3.63, 3.8) is 0 Å². The second-order valence-electron chi connectivity index (χ2n) is 4.30. The molecule has 0 fully saturated rings. The Labute approximate surface area is 125 Å². The molecule has 0 saturated heterocycles. The number of hydrogen-bond acceptors (Lipinski definition) is 3. The molecule has 5 heteroatoms. The summed E-state index contributed by atoms with van der Waals surface area (Å²) >= 11 is 3.35. The monoisotopic (exact) mass is 335 g/mol. The van der Waals surface area contributed by atoms with E-state index in [2.05, 4.69) is 21.2 Å². The van der Waals surface area contributed by atoms with Crippen molar-refractivity contribution in [2.75, 3.05) is 12.4 Å². The van der Waals surface area contributed by atoms with Gasteiger partial charge in [-0.15, -0.1) is 0 Å². The first-order valence-electron chi connectivity index (χ1n) is 5.96. The first-order chi connectivity index (χ1) is 9.51. The van der Waals surface area contributed by atoms with Gasteiger partial charge in [-0.2, -0.15) is 0 Å². The number of carbonyl (C=O) groups excluding carboxylic acids is 1. The van der Waals surface area contributed by atoms with E-state index in [0.717, 1.165) is 5.56 Å². The fraction of sp³-hybridized carbons (Fsp3) is 0.133. The highest BCUT2D eigenvalue weighted by Gasteiger charge is 2.12. The van der Waals surface area contributed by atoms with Crippen molar-refractivity contribution >= 4 is 27.5 Å². The van der Waals surface area contributed by atoms with Crippen LogP contribution in [0.5, 0.6) is 11.5 Å². The van der Waals surface area contributed by atoms with E-state index in [0.29, 0.717) is 21.5 Å². The highest BCUT2D eigenvalue weighted by Crippen LogP contribution is 2.25. The van der Waals surface area contributed by atoms with Crippen molar-refractivity contribution in [2.45, 2.75) is 6.92 Å². The zero-order valence-corrected chi connectivity index (χ0v) is 12.7. The summed E-state index contributed by atoms with van der Waals surface area (Å²) in [5.74, 6) is 0.536. The molecule has 0 unspecified atom stereocenters. The van der Waals surface area contributed by atoms with Gasteiger partial charge in [-0.1, -0.05) is 0 Å². The van der Waals surface area contributed by atoms with Crippen molar-refractivity contribution in [2.24, 2.45) is 0 Å². The third-order valence-electron chi connectivity index (χ3n) is 2.88. The average molecular weight is 336 g/mol. The van der Waals surface area contributed by atoms with E-state index >= 15 is 0 Å². The van der Waals surface area contributed by atoms with Gasteiger partial charge < -0.3 is 15.2 Å². The Balaban J connectivity index is 2.28. The number of ether oxygens (including phenoxy) is 1. The Morgan fingerprint density at radius 2 is 2.00 bits per heavy atom. The van der Waals surface area contributed by atoms with E-state index in [4.69, 9.17) is 4.74 Å². The quantitative estimate of drug-likeness (QED) is 0.840. The number of methoxy groups -OCH3 is 1. The first kappa shape index (κ1) is 14.4. The second kappa shape index (κ2) is 5.96. The third-order valence-corrected chi connectivity index (χ3v) is 3.57. The summed E-state index contributed by atoms with van der Waals surface area (Å²) in [6, 6.07) is 9.98. The van der Waals surface area contributed by atoms with Crippen LogP contribution < -0.4 is 10.1 Å². The number of carbonyl (C=O) groups is 1. The number of halogens is 1. The number of phenols is 1. The minimum Gasteiger partial charge on any atom is -0.508 e. The molecule has 0 radical (unpaired) electrons. The van der Waals surface area contributed by atoms with Crippen molar-refractivity contribution in [1.29, 1.82) is 0 Å². The molecule has 0 bridgehead atoms. The molecule has 0 aliphatic carbocycles. The van der Waals surface area contributed by atoms with Gasteiger partial charge >= 0.3 is 0 Å². The largest absolute Gasteiger partial charge is 0.508 e. The van der Waals surface area contributed by atoms with Gasteiger partial charge in [0.15, 0.2) is 0 Å². The Morgan fingerprint density at radius 1 is 1.25 bits per heavy atom. The summed E-state index contributed by atoms with van der Waals surface area (Å²) in [7, 11) is 1.55. The Kier molecular flexibility index (Phi) is 4.29. The molecule has 104 valence electrons. The lowest BCUT2D eigenvalue weighted by Crippen LogP contribution is -2.13. The Hall–Kier alpha value is -2.01. The van der Waals surface area contributed by atoms with Gasteiger partial charge in [-0.25, -0.2) is 0 Å². The number of aromatic hydroxyl groups is 1. The molecule has 0 aliphatic heterocycles. The van der Waals surface area contributed by atoms with Gasteiger partial charge in [0.25, 0.3) is 5.91 Å². The van der Waals surface area contributed by atoms with Gasteiger partial charge in [-0.05, 0) is 64.8 Å². The van der Waals surface area contributed by atoms with Crippen LogP contribution in [0, 0.1) is 6.92 Å². The standard InChI is InChI=1S/C15H14BrNO3/c1-9-7-10(18)3-6-14(9)17-15(19)12-8-11(20-2)4-5-13(12)16/h3-8,18H,1-2H3,(H,17,19). The van der Waals surface area contributed by atoms with Crippen LogP contribution in [0.25, 0.3) is 0 Å². The van der Waals surface area contributed by atoms with E-state index in [1.165, 1.54) is 6.07 Å². The average Bonchev–Trinajstić information content (AvgIpc) is 2.42. The van der Waals surface area contributed by atoms with Crippen molar-refractivity contribution < 1.29 is 14.6 Å². The normalized spacial score (nSPS) is 10.2. The van der Waals surface area contributed by atoms with Crippen molar-refractivity contribution in [1.82, 2.24) is 0 Å². The zero-order valence-electron chi connectivity index (χ0n) is 11.1. The number of nitrogens with one attached hydrogen (secondary N) is 1. The van der Waals surface area contributed by atoms with Crippen LogP contribution in [0.1, 0.15) is 15.9 Å². The lowest BCUT2D eigenvalue weighted by atomic mass is 10.1. The minimum absolute atomic E-state index is 0.169. The second-order valence-corrected chi connectivity index (χ2v) is 5.15. The Bertz CT molecular complexity index is 656. The molecule has 2 aromatic rings. The maximum Gasteiger partial charge on any atom is 0.256 e. The predicted molar refractivity (Wildman–Crippen MR) is 81.5 cm³/mol. The van der Waals surface area contributed by atoms with Gasteiger partial charge in [0.1, 0.15) is 11.5 Å². The summed E-state index contributed by atoms with van der Waals surface area (Å²) in [6.07, 6.45) is 0. The van der Waals surface area contributed by atoms with Crippen LogP contribution in [-0.2, 0) is 0 Å². The summed E-state index contributed by atoms with van der Waals surface area (Å²) in [5, 5.41) is 12.2. The first-order valence-corrected chi connectivity index (χ1v) is 6.75. The van der Waals surface area contributed by atoms with E-state index in [1.807, 2.05) is 6.92 Å². The predicted octanol–water partition coefficient (Wildman–Crippen LogP) is 3.72. The molecule has 4 nitrogen and oxygen atoms in total. The summed E-state index contributed by atoms with van der Waals surface area (Å²) in [6.45, 7) is 1.82. The topological polar surface area (TPSA) is 58.6 Å². The van der Waals surface area contributed by atoms with E-state index in [1.54, 1.807) is 37.4 Å². The fourth-order valence-corrected chi connectivity index (χ4v) is 2.21. The van der Waals surface area contributed by atoms with Crippen molar-refractivity contribution in [3.05, 3.63) is 52.0 Å². The third kappa shape index (κ3) is 3.11. The van der Waals surface area contributed by atoms with Gasteiger partial charge in [0.05, 0.1) is 12.7 Å². The Morgan fingerprint density at radius 3 is 2.65 bits per heavy atom. The number of aryl methyl sites for hydroxylation is 1. The van der Waals surface area contributed by atoms with Crippen molar-refractivity contribution in [3.8, 4) is 11.5 Å². The zero-order chi connectivity index (χ0) is 14.7. The van der Waals surface area contributed by atoms with Crippen LogP contribution in [-0.4, -0.2) is 18.1 Å². The van der Waals surface area contributed by atoms with Gasteiger partial charge in [0.2, 0.25) is 0 Å². The van der Waals surface area contributed by atoms with E-state index in [-0.39, 0.29) is 11.7 Å². The van der Waals surface area contributed by atoms with Gasteiger partial charge in [0, 0.05) is 10.2 Å². The molecule has 0 saturated carbocycles. The number of amides is 1. The number of hydrogen-bond donors (Lipinski definition) is 2. The van der Waals surface area contributed by atoms with Crippen LogP contribution >= 0.6 is 15.9 Å². The van der Waals surface area contributed by atoms with E-state index < -0.39 is 0 Å². The number of anilines is 1. The molecule has 20 heavy (non-hydrogen) atoms. The molecular formula is C15H14BrNO3. The maximum atomic E-state index is 12.3. The van der Waals surface area contributed by atoms with Crippen LogP contribution in [0.2, 0.25) is 0 Å². The number of phenolic OH excluding ortho intramolecular Hbond substituents is 1. The highest BCUT2D eigenvalue weighted by molar-refractivity contribution is 9.10. The molecule has 0 atom stereocenters. The molecule has 1 amide bonds. The SMILES string of the molecule is COc1ccc(Br)c(C(=O)Nc2ccc(O)cc2C)c1. The molecule has 0 aromatic heterocycles. The van der Waals surface area contributed by atoms with Crippen LogP contribution in [0.3, 0.4) is 0 Å². The number of benzene rings is 2. The molecule has 0 aliphatic rings. The molecule has 0 heterocycles. The minimum atomic E-state index is -0.246. The molecule has 2 N–H and O–H groups in total. The lowest BCUT2D eigenvalue weighted by Gasteiger charge is -2.11. The van der Waals surface area contributed by atoms with Gasteiger partial charge in [-0.3, -0.25) is 4.79 Å². The molecule has 2 rings (SSSR count). The highest BCUT2D eigenvalue weighted by atomic mass is 79.9. The summed E-state index contributed by atoms with van der Waals surface area (Å²) in [5.41, 5.74) is 1.93. The molecule has 0 spiro atoms. The van der Waals surface area contributed by atoms with E-state index in [9.17, 15) is 9.90 Å². The molecular weight excluding hydrogens is 322 g/mol. The number of rotatable bonds is 3. The smallest absolute Gasteiger partial charge is 0.256 e. The summed E-state index contributed by atoms with van der Waals surface area (Å²) in [4.78, 5) is 12.3. The van der Waals surface area contributed by atoms with Crippen LogP contribution in [0.4, 0.5) is 5.69 Å². The fourth-order valence-electron chi connectivity index (χ4n) is 1.78. The maximum absolute atomic E-state index is 12.3. The molecule has 2 aromatic carbocycles. The van der Waals surface area contributed by atoms with Crippen LogP contribution in [0.15, 0.2) is 40.9 Å².